The van der Waals surface area contributed by atoms with Crippen LogP contribution in [-0.2, 0) is 4.74 Å². The van der Waals surface area contributed by atoms with Crippen LogP contribution >= 0.6 is 11.3 Å². The topological polar surface area (TPSA) is 34.2 Å². The Labute approximate surface area is 98.5 Å². The van der Waals surface area contributed by atoms with Crippen LogP contribution in [0.15, 0.2) is 23.7 Å². The summed E-state index contributed by atoms with van der Waals surface area (Å²) in [6.07, 6.45) is 2.90. The van der Waals surface area contributed by atoms with Crippen molar-refractivity contribution in [2.45, 2.75) is 18.9 Å². The molecule has 1 unspecified atom stereocenters. The number of hydrogen-bond acceptors (Lipinski definition) is 4. The molecule has 0 amide bonds. The summed E-state index contributed by atoms with van der Waals surface area (Å²) in [6, 6.07) is 4.17. The lowest BCUT2D eigenvalue weighted by Gasteiger charge is -2.24. The fraction of sp³-hybridized carbons (Fsp3) is 0.417. The normalized spacial score (nSPS) is 25.1. The lowest BCUT2D eigenvalue weighted by molar-refractivity contribution is 0.185. The molecule has 0 aliphatic carbocycles. The molecule has 1 atom stereocenters. The predicted molar refractivity (Wildman–Crippen MR) is 67.1 cm³/mol. The van der Waals surface area contributed by atoms with Gasteiger partial charge in [-0.15, -0.1) is 11.3 Å². The van der Waals surface area contributed by atoms with E-state index in [0.717, 1.165) is 25.5 Å². The van der Waals surface area contributed by atoms with Crippen LogP contribution in [0.1, 0.15) is 13.3 Å². The molecule has 0 radical (unpaired) electrons. The number of nitrogens with zero attached hydrogens (tertiary/aromatic N) is 1. The minimum atomic E-state index is 0.0310. The van der Waals surface area contributed by atoms with Crippen molar-refractivity contribution in [2.75, 3.05) is 18.5 Å². The molecule has 0 bridgehead atoms. The SMILES string of the molecule is CC1(Nc2nccc3sccc23)CCOC1. The molecule has 1 fully saturated rings. The maximum Gasteiger partial charge on any atom is 0.135 e. The second kappa shape index (κ2) is 3.71. The molecule has 2 aromatic rings. The first-order valence-electron chi connectivity index (χ1n) is 5.45. The Bertz CT molecular complexity index is 502. The number of rotatable bonds is 2. The summed E-state index contributed by atoms with van der Waals surface area (Å²) in [5, 5.41) is 6.83. The number of hydrogen-bond donors (Lipinski definition) is 1. The highest BCUT2D eigenvalue weighted by atomic mass is 32.1. The van der Waals surface area contributed by atoms with Crippen LogP contribution in [0.4, 0.5) is 5.82 Å². The second-order valence-electron chi connectivity index (χ2n) is 4.48. The number of nitrogens with one attached hydrogen (secondary N) is 1. The second-order valence-corrected chi connectivity index (χ2v) is 5.43. The molecule has 3 nitrogen and oxygen atoms in total. The van der Waals surface area contributed by atoms with E-state index >= 15 is 0 Å². The molecule has 2 aromatic heterocycles. The lowest BCUT2D eigenvalue weighted by Crippen LogP contribution is -2.35. The van der Waals surface area contributed by atoms with Crippen LogP contribution in [0.2, 0.25) is 0 Å². The molecule has 1 N–H and O–H groups in total. The van der Waals surface area contributed by atoms with Crippen molar-refractivity contribution < 1.29 is 4.74 Å². The number of fused-ring (bicyclic) bond motifs is 1. The zero-order chi connectivity index (χ0) is 11.0. The van der Waals surface area contributed by atoms with Crippen molar-refractivity contribution in [1.29, 1.82) is 0 Å². The Morgan fingerprint density at radius 3 is 3.25 bits per heavy atom. The molecule has 0 aromatic carbocycles. The summed E-state index contributed by atoms with van der Waals surface area (Å²) in [5.41, 5.74) is 0.0310. The fourth-order valence-corrected chi connectivity index (χ4v) is 2.83. The summed E-state index contributed by atoms with van der Waals surface area (Å²) >= 11 is 1.75. The van der Waals surface area contributed by atoms with Gasteiger partial charge in [-0.2, -0.15) is 0 Å². The van der Waals surface area contributed by atoms with Gasteiger partial charge < -0.3 is 10.1 Å². The van der Waals surface area contributed by atoms with E-state index in [0.29, 0.717) is 0 Å². The Hall–Kier alpha value is -1.13. The first-order chi connectivity index (χ1) is 7.77. The monoisotopic (exact) mass is 234 g/mol. The summed E-state index contributed by atoms with van der Waals surface area (Å²) in [4.78, 5) is 4.43. The van der Waals surface area contributed by atoms with Gasteiger partial charge in [-0.25, -0.2) is 4.98 Å². The van der Waals surface area contributed by atoms with E-state index in [-0.39, 0.29) is 5.54 Å². The third-order valence-corrected chi connectivity index (χ3v) is 3.90. The molecule has 1 aliphatic heterocycles. The van der Waals surface area contributed by atoms with E-state index in [1.807, 2.05) is 6.20 Å². The van der Waals surface area contributed by atoms with E-state index < -0.39 is 0 Å². The Balaban J connectivity index is 1.96. The van der Waals surface area contributed by atoms with Gasteiger partial charge in [0.2, 0.25) is 0 Å². The Kier molecular flexibility index (Phi) is 2.33. The fourth-order valence-electron chi connectivity index (χ4n) is 2.05. The van der Waals surface area contributed by atoms with Gasteiger partial charge in [0.25, 0.3) is 0 Å². The Morgan fingerprint density at radius 1 is 1.50 bits per heavy atom. The van der Waals surface area contributed by atoms with Crippen molar-refractivity contribution >= 4 is 27.2 Å². The van der Waals surface area contributed by atoms with Crippen LogP contribution < -0.4 is 5.32 Å². The van der Waals surface area contributed by atoms with Gasteiger partial charge in [0, 0.05) is 22.9 Å². The largest absolute Gasteiger partial charge is 0.379 e. The van der Waals surface area contributed by atoms with Gasteiger partial charge in [0.15, 0.2) is 0 Å². The minimum Gasteiger partial charge on any atom is -0.379 e. The average molecular weight is 234 g/mol. The molecule has 3 rings (SSSR count). The van der Waals surface area contributed by atoms with Crippen LogP contribution in [-0.4, -0.2) is 23.7 Å². The van der Waals surface area contributed by atoms with E-state index in [4.69, 9.17) is 4.74 Å². The molecule has 0 saturated carbocycles. The first-order valence-corrected chi connectivity index (χ1v) is 6.33. The number of anilines is 1. The van der Waals surface area contributed by atoms with Gasteiger partial charge in [-0.05, 0) is 30.9 Å². The number of aromatic nitrogens is 1. The zero-order valence-corrected chi connectivity index (χ0v) is 10.0. The third-order valence-electron chi connectivity index (χ3n) is 3.02. The smallest absolute Gasteiger partial charge is 0.135 e. The molecule has 16 heavy (non-hydrogen) atoms. The average Bonchev–Trinajstić information content (AvgIpc) is 2.87. The van der Waals surface area contributed by atoms with Crippen molar-refractivity contribution in [2.24, 2.45) is 0 Å². The summed E-state index contributed by atoms with van der Waals surface area (Å²) in [6.45, 7) is 3.78. The van der Waals surface area contributed by atoms with Gasteiger partial charge in [0.1, 0.15) is 5.82 Å². The van der Waals surface area contributed by atoms with Crippen molar-refractivity contribution in [3.8, 4) is 0 Å². The summed E-state index contributed by atoms with van der Waals surface area (Å²) < 4.78 is 6.72. The zero-order valence-electron chi connectivity index (χ0n) is 9.19. The predicted octanol–water partition coefficient (Wildman–Crippen LogP) is 2.89. The summed E-state index contributed by atoms with van der Waals surface area (Å²) in [7, 11) is 0. The molecule has 3 heterocycles. The van der Waals surface area contributed by atoms with Gasteiger partial charge in [-0.1, -0.05) is 0 Å². The molecule has 0 spiro atoms. The number of pyridine rings is 1. The van der Waals surface area contributed by atoms with Crippen LogP contribution in [0.25, 0.3) is 10.1 Å². The maximum absolute atomic E-state index is 5.44. The van der Waals surface area contributed by atoms with E-state index in [2.05, 4.69) is 34.7 Å². The van der Waals surface area contributed by atoms with E-state index in [1.165, 1.54) is 10.1 Å². The van der Waals surface area contributed by atoms with Gasteiger partial charge in [-0.3, -0.25) is 0 Å². The number of ether oxygens (including phenoxy) is 1. The Morgan fingerprint density at radius 2 is 2.44 bits per heavy atom. The van der Waals surface area contributed by atoms with Crippen molar-refractivity contribution in [3.63, 3.8) is 0 Å². The summed E-state index contributed by atoms with van der Waals surface area (Å²) in [5.74, 6) is 0.978. The minimum absolute atomic E-state index is 0.0310. The molecular weight excluding hydrogens is 220 g/mol. The van der Waals surface area contributed by atoms with Crippen molar-refractivity contribution in [3.05, 3.63) is 23.7 Å². The highest BCUT2D eigenvalue weighted by Gasteiger charge is 2.30. The van der Waals surface area contributed by atoms with E-state index in [1.54, 1.807) is 11.3 Å². The van der Waals surface area contributed by atoms with Crippen LogP contribution in [0.5, 0.6) is 0 Å². The first kappa shape index (κ1) is 10.1. The lowest BCUT2D eigenvalue weighted by atomic mass is 10.0. The molecule has 1 saturated heterocycles. The van der Waals surface area contributed by atoms with Gasteiger partial charge in [0.05, 0.1) is 12.1 Å². The van der Waals surface area contributed by atoms with Crippen molar-refractivity contribution in [1.82, 2.24) is 4.98 Å². The standard InChI is InChI=1S/C12H14N2OS/c1-12(4-6-15-8-12)14-11-9-3-7-16-10(9)2-5-13-11/h2-3,5,7H,4,6,8H2,1H3,(H,13,14). The van der Waals surface area contributed by atoms with E-state index in [9.17, 15) is 0 Å². The molecular formula is C12H14N2OS. The van der Waals surface area contributed by atoms with Gasteiger partial charge >= 0.3 is 0 Å². The van der Waals surface area contributed by atoms with Crippen LogP contribution in [0, 0.1) is 0 Å². The molecule has 1 aliphatic rings. The molecule has 4 heteroatoms. The highest BCUT2D eigenvalue weighted by molar-refractivity contribution is 7.17. The quantitative estimate of drug-likeness (QED) is 0.867. The molecule has 84 valence electrons. The maximum atomic E-state index is 5.44. The third kappa shape index (κ3) is 1.68. The van der Waals surface area contributed by atoms with Crippen LogP contribution in [0.3, 0.4) is 0 Å². The highest BCUT2D eigenvalue weighted by Crippen LogP contribution is 2.30. The number of thiophene rings is 1.